The smallest absolute Gasteiger partial charge is 0.314 e. The minimum absolute atomic E-state index is 0.0618. The van der Waals surface area contributed by atoms with E-state index in [0.717, 1.165) is 19.4 Å². The Morgan fingerprint density at radius 3 is 3.00 bits per heavy atom. The summed E-state index contributed by atoms with van der Waals surface area (Å²) in [6, 6.07) is 5.97. The average Bonchev–Trinajstić information content (AvgIpc) is 2.71. The van der Waals surface area contributed by atoms with Crippen LogP contribution in [0.2, 0.25) is 0 Å². The van der Waals surface area contributed by atoms with E-state index in [1.54, 1.807) is 15.3 Å². The van der Waals surface area contributed by atoms with Gasteiger partial charge in [-0.3, -0.25) is 4.40 Å². The average molecular weight is 248 g/mol. The van der Waals surface area contributed by atoms with E-state index in [1.807, 2.05) is 18.2 Å². The summed E-state index contributed by atoms with van der Waals surface area (Å²) in [5, 5.41) is 7.71. The summed E-state index contributed by atoms with van der Waals surface area (Å²) in [6.07, 6.45) is 3.78. The molecule has 0 aliphatic carbocycles. The van der Waals surface area contributed by atoms with Crippen LogP contribution in [0.1, 0.15) is 26.7 Å². The fourth-order valence-electron chi connectivity index (χ4n) is 1.92. The Morgan fingerprint density at radius 2 is 2.28 bits per heavy atom. The Balaban J connectivity index is 2.04. The molecule has 1 unspecified atom stereocenters. The lowest BCUT2D eigenvalue weighted by Gasteiger charge is -2.11. The van der Waals surface area contributed by atoms with Gasteiger partial charge in [-0.25, -0.2) is 9.48 Å². The Hall–Kier alpha value is -1.62. The summed E-state index contributed by atoms with van der Waals surface area (Å²) in [4.78, 5) is 12.0. The molecule has 2 rings (SSSR count). The predicted octanol–water partition coefficient (Wildman–Crippen LogP) is 1.27. The van der Waals surface area contributed by atoms with Crippen molar-refractivity contribution >= 4 is 5.65 Å². The molecule has 0 spiro atoms. The maximum absolute atomic E-state index is 12.0. The van der Waals surface area contributed by atoms with Crippen LogP contribution in [0.15, 0.2) is 29.2 Å². The zero-order valence-corrected chi connectivity index (χ0v) is 11.0. The first-order valence-corrected chi connectivity index (χ1v) is 6.50. The highest BCUT2D eigenvalue weighted by Gasteiger charge is 2.07. The van der Waals surface area contributed by atoms with Crippen molar-refractivity contribution in [3.05, 3.63) is 34.9 Å². The number of pyridine rings is 1. The second-order valence-corrected chi connectivity index (χ2v) is 4.58. The van der Waals surface area contributed by atoms with Gasteiger partial charge in [0.05, 0.1) is 0 Å². The predicted molar refractivity (Wildman–Crippen MR) is 71.8 cm³/mol. The third kappa shape index (κ3) is 2.79. The van der Waals surface area contributed by atoms with E-state index in [1.165, 1.54) is 0 Å². The summed E-state index contributed by atoms with van der Waals surface area (Å²) < 4.78 is 3.11. The first-order chi connectivity index (χ1) is 8.72. The second kappa shape index (κ2) is 5.82. The molecule has 0 saturated carbocycles. The van der Waals surface area contributed by atoms with Crippen LogP contribution in [0.5, 0.6) is 0 Å². The molecule has 98 valence electrons. The molecule has 0 amide bonds. The highest BCUT2D eigenvalue weighted by atomic mass is 16.2. The number of nitrogens with one attached hydrogen (secondary N) is 1. The first-order valence-electron chi connectivity index (χ1n) is 6.50. The number of aromatic nitrogens is 3. The van der Waals surface area contributed by atoms with Gasteiger partial charge < -0.3 is 5.32 Å². The van der Waals surface area contributed by atoms with Gasteiger partial charge in [-0.2, -0.15) is 0 Å². The topological polar surface area (TPSA) is 51.3 Å². The van der Waals surface area contributed by atoms with Gasteiger partial charge in [0, 0.05) is 18.8 Å². The third-order valence-corrected chi connectivity index (χ3v) is 3.01. The van der Waals surface area contributed by atoms with E-state index in [-0.39, 0.29) is 5.69 Å². The van der Waals surface area contributed by atoms with Gasteiger partial charge in [-0.15, -0.1) is 5.10 Å². The van der Waals surface area contributed by atoms with Crippen LogP contribution in [-0.2, 0) is 6.54 Å². The van der Waals surface area contributed by atoms with Crippen molar-refractivity contribution in [3.8, 4) is 0 Å². The lowest BCUT2D eigenvalue weighted by molar-refractivity contribution is 0.453. The zero-order valence-electron chi connectivity index (χ0n) is 11.0. The van der Waals surface area contributed by atoms with Crippen molar-refractivity contribution in [2.75, 3.05) is 6.54 Å². The quantitative estimate of drug-likeness (QED) is 0.837. The van der Waals surface area contributed by atoms with Gasteiger partial charge in [0.25, 0.3) is 0 Å². The van der Waals surface area contributed by atoms with Crippen LogP contribution < -0.4 is 11.0 Å². The molecule has 0 aromatic carbocycles. The van der Waals surface area contributed by atoms with Crippen molar-refractivity contribution in [2.24, 2.45) is 0 Å². The van der Waals surface area contributed by atoms with Crippen LogP contribution in [-0.4, -0.2) is 26.8 Å². The molecule has 5 nitrogen and oxygen atoms in total. The number of nitrogens with zero attached hydrogens (tertiary/aromatic N) is 3. The molecule has 2 heterocycles. The van der Waals surface area contributed by atoms with Gasteiger partial charge in [0.15, 0.2) is 5.65 Å². The minimum atomic E-state index is -0.0618. The van der Waals surface area contributed by atoms with Gasteiger partial charge in [0.2, 0.25) is 0 Å². The highest BCUT2D eigenvalue weighted by Crippen LogP contribution is 1.98. The molecule has 2 aromatic rings. The van der Waals surface area contributed by atoms with Gasteiger partial charge >= 0.3 is 5.69 Å². The Morgan fingerprint density at radius 1 is 1.44 bits per heavy atom. The summed E-state index contributed by atoms with van der Waals surface area (Å²) in [7, 11) is 0. The molecule has 1 atom stereocenters. The summed E-state index contributed by atoms with van der Waals surface area (Å²) in [5.74, 6) is 0. The molecular weight excluding hydrogens is 228 g/mol. The molecule has 0 saturated heterocycles. The molecule has 0 radical (unpaired) electrons. The van der Waals surface area contributed by atoms with Crippen molar-refractivity contribution in [3.63, 3.8) is 0 Å². The molecule has 0 fully saturated rings. The number of hydrogen-bond donors (Lipinski definition) is 1. The summed E-state index contributed by atoms with van der Waals surface area (Å²) in [6.45, 7) is 5.95. The molecule has 0 bridgehead atoms. The lowest BCUT2D eigenvalue weighted by Crippen LogP contribution is -2.30. The molecule has 2 aromatic heterocycles. The molecule has 1 N–H and O–H groups in total. The van der Waals surface area contributed by atoms with Crippen LogP contribution in [0, 0.1) is 0 Å². The molecule has 0 aliphatic rings. The molecule has 0 aliphatic heterocycles. The molecule has 5 heteroatoms. The van der Waals surface area contributed by atoms with E-state index in [2.05, 4.69) is 24.3 Å². The van der Waals surface area contributed by atoms with Gasteiger partial charge in [-0.1, -0.05) is 13.0 Å². The SMILES string of the molecule is CCCNC(C)CCn1nc2ccccn2c1=O. The lowest BCUT2D eigenvalue weighted by atomic mass is 10.2. The Bertz CT molecular complexity index is 557. The van der Waals surface area contributed by atoms with E-state index < -0.39 is 0 Å². The Kier molecular flexibility index (Phi) is 4.15. The maximum Gasteiger partial charge on any atom is 0.350 e. The van der Waals surface area contributed by atoms with Crippen molar-refractivity contribution < 1.29 is 0 Å². The van der Waals surface area contributed by atoms with Gasteiger partial charge in [0.1, 0.15) is 0 Å². The van der Waals surface area contributed by atoms with E-state index in [4.69, 9.17) is 0 Å². The fourth-order valence-corrected chi connectivity index (χ4v) is 1.92. The highest BCUT2D eigenvalue weighted by molar-refractivity contribution is 5.35. The second-order valence-electron chi connectivity index (χ2n) is 4.58. The van der Waals surface area contributed by atoms with Crippen LogP contribution >= 0.6 is 0 Å². The number of hydrogen-bond acceptors (Lipinski definition) is 3. The third-order valence-electron chi connectivity index (χ3n) is 3.01. The normalized spacial score (nSPS) is 13.0. The largest absolute Gasteiger partial charge is 0.350 e. The fraction of sp³-hybridized carbons (Fsp3) is 0.538. The standard InChI is InChI=1S/C13H20N4O/c1-3-8-14-11(2)7-10-17-13(18)16-9-5-4-6-12(16)15-17/h4-6,9,11,14H,3,7-8,10H2,1-2H3. The molecular formula is C13H20N4O. The monoisotopic (exact) mass is 248 g/mol. The van der Waals surface area contributed by atoms with Crippen LogP contribution in [0.25, 0.3) is 5.65 Å². The minimum Gasteiger partial charge on any atom is -0.314 e. The van der Waals surface area contributed by atoms with E-state index in [9.17, 15) is 4.79 Å². The van der Waals surface area contributed by atoms with Crippen LogP contribution in [0.3, 0.4) is 0 Å². The number of fused-ring (bicyclic) bond motifs is 1. The van der Waals surface area contributed by atoms with Crippen molar-refractivity contribution in [1.82, 2.24) is 19.5 Å². The number of aryl methyl sites for hydroxylation is 1. The number of rotatable bonds is 6. The summed E-state index contributed by atoms with van der Waals surface area (Å²) >= 11 is 0. The zero-order chi connectivity index (χ0) is 13.0. The van der Waals surface area contributed by atoms with E-state index in [0.29, 0.717) is 18.2 Å². The Labute approximate surface area is 106 Å². The van der Waals surface area contributed by atoms with Crippen molar-refractivity contribution in [2.45, 2.75) is 39.3 Å². The molecule has 18 heavy (non-hydrogen) atoms. The maximum atomic E-state index is 12.0. The summed E-state index contributed by atoms with van der Waals surface area (Å²) in [5.41, 5.74) is 0.643. The van der Waals surface area contributed by atoms with E-state index >= 15 is 0 Å². The van der Waals surface area contributed by atoms with Gasteiger partial charge in [-0.05, 0) is 38.4 Å². The van der Waals surface area contributed by atoms with Crippen LogP contribution in [0.4, 0.5) is 0 Å². The first kappa shape index (κ1) is 12.8. The van der Waals surface area contributed by atoms with Crippen molar-refractivity contribution in [1.29, 1.82) is 0 Å².